The lowest BCUT2D eigenvalue weighted by Crippen LogP contribution is -2.00. The fourth-order valence-electron chi connectivity index (χ4n) is 6.39. The van der Waals surface area contributed by atoms with Crippen LogP contribution in [0, 0.1) is 0 Å². The molecule has 2 aromatic heterocycles. The van der Waals surface area contributed by atoms with E-state index < -0.39 is 0 Å². The molecule has 9 aromatic rings. The summed E-state index contributed by atoms with van der Waals surface area (Å²) in [5.74, 6) is 1.85. The molecular formula is C43H27N3O. The van der Waals surface area contributed by atoms with Gasteiger partial charge in [0.25, 0.3) is 0 Å². The molecule has 0 spiro atoms. The van der Waals surface area contributed by atoms with Crippen molar-refractivity contribution in [3.8, 4) is 56.4 Å². The summed E-state index contributed by atoms with van der Waals surface area (Å²) in [6, 6.07) is 56.2. The lowest BCUT2D eigenvalue weighted by Gasteiger charge is -2.11. The van der Waals surface area contributed by atoms with Gasteiger partial charge in [0.15, 0.2) is 17.5 Å². The van der Waals surface area contributed by atoms with Gasteiger partial charge in [-0.25, -0.2) is 15.0 Å². The van der Waals surface area contributed by atoms with E-state index in [9.17, 15) is 0 Å². The highest BCUT2D eigenvalue weighted by molar-refractivity contribution is 6.18. The van der Waals surface area contributed by atoms with E-state index in [4.69, 9.17) is 19.4 Å². The number of hydrogen-bond donors (Lipinski definition) is 0. The molecule has 0 atom stereocenters. The maximum absolute atomic E-state index is 6.73. The highest BCUT2D eigenvalue weighted by atomic mass is 16.3. The molecule has 0 bridgehead atoms. The van der Waals surface area contributed by atoms with Gasteiger partial charge >= 0.3 is 0 Å². The van der Waals surface area contributed by atoms with Crippen molar-refractivity contribution in [2.45, 2.75) is 0 Å². The van der Waals surface area contributed by atoms with Crippen molar-refractivity contribution >= 4 is 32.7 Å². The molecule has 0 N–H and O–H groups in total. The Kier molecular flexibility index (Phi) is 6.43. The Bertz CT molecular complexity index is 2560. The number of aromatic nitrogens is 3. The van der Waals surface area contributed by atoms with Crippen LogP contribution in [0.2, 0.25) is 0 Å². The van der Waals surface area contributed by atoms with Gasteiger partial charge in [-0.1, -0.05) is 140 Å². The Hall–Kier alpha value is -6.39. The van der Waals surface area contributed by atoms with Crippen LogP contribution >= 0.6 is 0 Å². The van der Waals surface area contributed by atoms with Crippen LogP contribution < -0.4 is 0 Å². The van der Waals surface area contributed by atoms with Gasteiger partial charge in [0.2, 0.25) is 0 Å². The topological polar surface area (TPSA) is 51.8 Å². The molecule has 9 rings (SSSR count). The van der Waals surface area contributed by atoms with Crippen molar-refractivity contribution < 1.29 is 4.42 Å². The van der Waals surface area contributed by atoms with Gasteiger partial charge in [-0.2, -0.15) is 0 Å². The van der Waals surface area contributed by atoms with E-state index in [1.807, 2.05) is 42.5 Å². The Labute approximate surface area is 271 Å². The van der Waals surface area contributed by atoms with Crippen LogP contribution in [0.4, 0.5) is 0 Å². The second-order valence-corrected chi connectivity index (χ2v) is 11.7. The maximum Gasteiger partial charge on any atom is 0.164 e. The summed E-state index contributed by atoms with van der Waals surface area (Å²) < 4.78 is 6.73. The zero-order chi connectivity index (χ0) is 31.2. The minimum atomic E-state index is 0.605. The molecule has 0 aliphatic rings. The molecule has 0 aliphatic carbocycles. The standard InChI is InChI=1S/C43H27N3O/c1-4-13-28(14-5-1)32-20-12-21-33(25-32)42-44-41(31-18-8-3-9-19-31)45-43(46-42)34-26-37(29-15-6-2-7-16-29)40-38(27-34)36-24-23-30-17-10-11-22-35(30)39(36)47-40/h1-27H. The third kappa shape index (κ3) is 4.84. The molecule has 4 nitrogen and oxygen atoms in total. The first-order valence-electron chi connectivity index (χ1n) is 15.7. The molecule has 0 amide bonds. The van der Waals surface area contributed by atoms with Crippen LogP contribution in [0.5, 0.6) is 0 Å². The van der Waals surface area contributed by atoms with E-state index in [0.717, 1.165) is 71.7 Å². The number of rotatable bonds is 5. The molecule has 2 heterocycles. The molecule has 0 unspecified atom stereocenters. The van der Waals surface area contributed by atoms with Gasteiger partial charge in [0.1, 0.15) is 11.2 Å². The van der Waals surface area contributed by atoms with Crippen LogP contribution in [0.1, 0.15) is 0 Å². The second kappa shape index (κ2) is 11.2. The largest absolute Gasteiger partial charge is 0.455 e. The molecule has 220 valence electrons. The Morgan fingerprint density at radius 3 is 1.64 bits per heavy atom. The third-order valence-corrected chi connectivity index (χ3v) is 8.70. The van der Waals surface area contributed by atoms with E-state index in [1.54, 1.807) is 0 Å². The first-order chi connectivity index (χ1) is 23.3. The average molecular weight is 602 g/mol. The van der Waals surface area contributed by atoms with Crippen LogP contribution in [-0.4, -0.2) is 15.0 Å². The zero-order valence-electron chi connectivity index (χ0n) is 25.3. The minimum absolute atomic E-state index is 0.605. The summed E-state index contributed by atoms with van der Waals surface area (Å²) in [4.78, 5) is 15.2. The predicted molar refractivity (Wildman–Crippen MR) is 192 cm³/mol. The van der Waals surface area contributed by atoms with Crippen molar-refractivity contribution in [1.29, 1.82) is 0 Å². The van der Waals surface area contributed by atoms with Gasteiger partial charge in [0, 0.05) is 38.4 Å². The molecular weight excluding hydrogens is 574 g/mol. The predicted octanol–water partition coefficient (Wildman–Crippen LogP) is 11.3. The fourth-order valence-corrected chi connectivity index (χ4v) is 6.39. The van der Waals surface area contributed by atoms with Gasteiger partial charge in [-0.15, -0.1) is 0 Å². The van der Waals surface area contributed by atoms with Gasteiger partial charge in [0.05, 0.1) is 0 Å². The maximum atomic E-state index is 6.73. The van der Waals surface area contributed by atoms with E-state index >= 15 is 0 Å². The molecule has 4 heteroatoms. The number of furan rings is 1. The zero-order valence-corrected chi connectivity index (χ0v) is 25.3. The smallest absolute Gasteiger partial charge is 0.164 e. The fraction of sp³-hybridized carbons (Fsp3) is 0. The third-order valence-electron chi connectivity index (χ3n) is 8.70. The molecule has 0 fully saturated rings. The number of hydrogen-bond acceptors (Lipinski definition) is 4. The number of fused-ring (bicyclic) bond motifs is 5. The molecule has 0 saturated carbocycles. The lowest BCUT2D eigenvalue weighted by atomic mass is 9.98. The first-order valence-corrected chi connectivity index (χ1v) is 15.7. The molecule has 47 heavy (non-hydrogen) atoms. The summed E-state index contributed by atoms with van der Waals surface area (Å²) in [5, 5.41) is 4.32. The van der Waals surface area contributed by atoms with Gasteiger partial charge < -0.3 is 4.42 Å². The van der Waals surface area contributed by atoms with E-state index in [2.05, 4.69) is 121 Å². The van der Waals surface area contributed by atoms with Gasteiger partial charge in [-0.05, 0) is 46.3 Å². The summed E-state index contributed by atoms with van der Waals surface area (Å²) in [5.41, 5.74) is 8.79. The van der Waals surface area contributed by atoms with Crippen molar-refractivity contribution in [1.82, 2.24) is 15.0 Å². The van der Waals surface area contributed by atoms with Crippen molar-refractivity contribution in [3.63, 3.8) is 0 Å². The van der Waals surface area contributed by atoms with E-state index in [-0.39, 0.29) is 0 Å². The summed E-state index contributed by atoms with van der Waals surface area (Å²) in [7, 11) is 0. The van der Waals surface area contributed by atoms with E-state index in [1.165, 1.54) is 0 Å². The summed E-state index contributed by atoms with van der Waals surface area (Å²) in [6.07, 6.45) is 0. The molecule has 0 saturated heterocycles. The average Bonchev–Trinajstić information content (AvgIpc) is 3.55. The Morgan fingerprint density at radius 1 is 0.319 bits per heavy atom. The number of benzene rings is 7. The summed E-state index contributed by atoms with van der Waals surface area (Å²) in [6.45, 7) is 0. The monoisotopic (exact) mass is 601 g/mol. The SMILES string of the molecule is c1ccc(-c2cccc(-c3nc(-c4ccccc4)nc(-c4cc(-c5ccccc5)c5oc6c7ccccc7ccc6c5c4)n3)c2)cc1. The van der Waals surface area contributed by atoms with Crippen LogP contribution in [-0.2, 0) is 0 Å². The summed E-state index contributed by atoms with van der Waals surface area (Å²) >= 11 is 0. The molecule has 0 aliphatic heterocycles. The Morgan fingerprint density at radius 2 is 0.894 bits per heavy atom. The van der Waals surface area contributed by atoms with Crippen molar-refractivity contribution in [2.75, 3.05) is 0 Å². The van der Waals surface area contributed by atoms with Crippen LogP contribution in [0.25, 0.3) is 89.1 Å². The molecule has 0 radical (unpaired) electrons. The van der Waals surface area contributed by atoms with E-state index in [0.29, 0.717) is 17.5 Å². The highest BCUT2D eigenvalue weighted by Crippen LogP contribution is 2.41. The number of nitrogens with zero attached hydrogens (tertiary/aromatic N) is 3. The van der Waals surface area contributed by atoms with Crippen molar-refractivity contribution in [2.24, 2.45) is 0 Å². The Balaban J connectivity index is 1.30. The quantitative estimate of drug-likeness (QED) is 0.197. The second-order valence-electron chi connectivity index (χ2n) is 11.7. The highest BCUT2D eigenvalue weighted by Gasteiger charge is 2.19. The normalized spacial score (nSPS) is 11.4. The van der Waals surface area contributed by atoms with Crippen LogP contribution in [0.3, 0.4) is 0 Å². The molecule has 7 aromatic carbocycles. The first kappa shape index (κ1) is 27.0. The lowest BCUT2D eigenvalue weighted by molar-refractivity contribution is 0.674. The van der Waals surface area contributed by atoms with Crippen LogP contribution in [0.15, 0.2) is 168 Å². The van der Waals surface area contributed by atoms with Crippen molar-refractivity contribution in [3.05, 3.63) is 164 Å². The minimum Gasteiger partial charge on any atom is -0.455 e. The van der Waals surface area contributed by atoms with Gasteiger partial charge in [-0.3, -0.25) is 0 Å².